The zero-order valence-corrected chi connectivity index (χ0v) is 14.7. The highest BCUT2D eigenvalue weighted by molar-refractivity contribution is 5.88. The Kier molecular flexibility index (Phi) is 3.94. The van der Waals surface area contributed by atoms with Gasteiger partial charge in [-0.1, -0.05) is 18.2 Å². The van der Waals surface area contributed by atoms with E-state index in [4.69, 9.17) is 0 Å². The number of nitrogens with zero attached hydrogens (tertiary/aromatic N) is 3. The standard InChI is InChI=1S/C19H22N4O3/c1-13-11-20-23(12-13)19(18(25)26)6-8-22(9-7-19)17(24)16-10-14-4-2-3-5-15(14)21-16/h2-5,11-12,16,21H,6-10H2,1H3,(H,25,26)/t16-/m0/s1. The first-order valence-corrected chi connectivity index (χ1v) is 8.88. The van der Waals surface area contributed by atoms with E-state index in [1.165, 1.54) is 0 Å². The lowest BCUT2D eigenvalue weighted by Crippen LogP contribution is -2.54. The van der Waals surface area contributed by atoms with Crippen molar-refractivity contribution < 1.29 is 14.7 Å². The van der Waals surface area contributed by atoms with Gasteiger partial charge in [-0.15, -0.1) is 0 Å². The van der Waals surface area contributed by atoms with Crippen molar-refractivity contribution >= 4 is 17.6 Å². The first kappa shape index (κ1) is 16.6. The molecule has 1 atom stereocenters. The number of carbonyl (C=O) groups excluding carboxylic acids is 1. The minimum Gasteiger partial charge on any atom is -0.479 e. The van der Waals surface area contributed by atoms with Gasteiger partial charge in [0.05, 0.1) is 6.20 Å². The number of rotatable bonds is 3. The molecule has 26 heavy (non-hydrogen) atoms. The molecule has 3 heterocycles. The van der Waals surface area contributed by atoms with E-state index in [0.29, 0.717) is 32.4 Å². The van der Waals surface area contributed by atoms with Gasteiger partial charge in [0.15, 0.2) is 5.54 Å². The van der Waals surface area contributed by atoms with Crippen molar-refractivity contribution in [2.75, 3.05) is 18.4 Å². The van der Waals surface area contributed by atoms with Crippen molar-refractivity contribution in [1.29, 1.82) is 0 Å². The van der Waals surface area contributed by atoms with E-state index in [2.05, 4.69) is 10.4 Å². The number of aromatic nitrogens is 2. The quantitative estimate of drug-likeness (QED) is 0.875. The Hall–Kier alpha value is -2.83. The van der Waals surface area contributed by atoms with Crippen LogP contribution in [0.4, 0.5) is 5.69 Å². The van der Waals surface area contributed by atoms with Gasteiger partial charge in [0.1, 0.15) is 6.04 Å². The molecule has 2 aromatic rings. The Balaban J connectivity index is 1.46. The summed E-state index contributed by atoms with van der Waals surface area (Å²) in [4.78, 5) is 26.7. The van der Waals surface area contributed by atoms with Crippen molar-refractivity contribution in [2.24, 2.45) is 0 Å². The first-order valence-electron chi connectivity index (χ1n) is 8.88. The Morgan fingerprint density at radius 3 is 2.62 bits per heavy atom. The fourth-order valence-electron chi connectivity index (χ4n) is 3.95. The molecular weight excluding hydrogens is 332 g/mol. The van der Waals surface area contributed by atoms with E-state index in [9.17, 15) is 14.7 Å². The van der Waals surface area contributed by atoms with Gasteiger partial charge in [0, 0.05) is 44.2 Å². The number of amides is 1. The van der Waals surface area contributed by atoms with Crippen LogP contribution in [0.15, 0.2) is 36.7 Å². The van der Waals surface area contributed by atoms with Crippen LogP contribution in [0, 0.1) is 6.92 Å². The molecule has 1 saturated heterocycles. The summed E-state index contributed by atoms with van der Waals surface area (Å²) >= 11 is 0. The number of fused-ring (bicyclic) bond motifs is 1. The lowest BCUT2D eigenvalue weighted by Gasteiger charge is -2.39. The number of anilines is 1. The molecule has 7 heteroatoms. The molecule has 2 N–H and O–H groups in total. The molecule has 0 spiro atoms. The Bertz CT molecular complexity index is 827. The molecule has 1 fully saturated rings. The molecule has 0 saturated carbocycles. The minimum atomic E-state index is -1.07. The van der Waals surface area contributed by atoms with Crippen molar-refractivity contribution in [3.63, 3.8) is 0 Å². The molecule has 4 rings (SSSR count). The maximum absolute atomic E-state index is 12.9. The maximum atomic E-state index is 12.9. The Morgan fingerprint density at radius 1 is 1.27 bits per heavy atom. The SMILES string of the molecule is Cc1cnn(C2(C(=O)O)CCN(C(=O)[C@@H]3Cc4ccccc4N3)CC2)c1. The van der Waals surface area contributed by atoms with Crippen molar-refractivity contribution in [1.82, 2.24) is 14.7 Å². The third kappa shape index (κ3) is 2.64. The average Bonchev–Trinajstić information content (AvgIpc) is 3.27. The second-order valence-corrected chi connectivity index (χ2v) is 7.18. The fraction of sp³-hybridized carbons (Fsp3) is 0.421. The normalized spacial score (nSPS) is 21.1. The van der Waals surface area contributed by atoms with Crippen LogP contribution in [0.3, 0.4) is 0 Å². The smallest absolute Gasteiger partial charge is 0.331 e. The van der Waals surface area contributed by atoms with E-state index in [-0.39, 0.29) is 11.9 Å². The van der Waals surface area contributed by atoms with Crippen LogP contribution in [0.1, 0.15) is 24.0 Å². The summed E-state index contributed by atoms with van der Waals surface area (Å²) in [5, 5.41) is 17.3. The molecule has 2 aliphatic heterocycles. The lowest BCUT2D eigenvalue weighted by atomic mass is 9.87. The highest BCUT2D eigenvalue weighted by Gasteiger charge is 2.45. The summed E-state index contributed by atoms with van der Waals surface area (Å²) in [5.74, 6) is -0.851. The molecular formula is C19H22N4O3. The average molecular weight is 354 g/mol. The lowest BCUT2D eigenvalue weighted by molar-refractivity contribution is -0.153. The van der Waals surface area contributed by atoms with E-state index in [1.54, 1.807) is 22.0 Å². The molecule has 7 nitrogen and oxygen atoms in total. The molecule has 1 amide bonds. The molecule has 136 valence electrons. The summed E-state index contributed by atoms with van der Waals surface area (Å²) < 4.78 is 1.55. The van der Waals surface area contributed by atoms with Crippen LogP contribution in [0.5, 0.6) is 0 Å². The maximum Gasteiger partial charge on any atom is 0.331 e. The highest BCUT2D eigenvalue weighted by atomic mass is 16.4. The number of benzene rings is 1. The number of para-hydroxylation sites is 1. The minimum absolute atomic E-state index is 0.0387. The van der Waals surface area contributed by atoms with Gasteiger partial charge in [0.25, 0.3) is 0 Å². The number of nitrogens with one attached hydrogen (secondary N) is 1. The Morgan fingerprint density at radius 2 is 2.00 bits per heavy atom. The highest BCUT2D eigenvalue weighted by Crippen LogP contribution is 2.32. The molecule has 0 bridgehead atoms. The van der Waals surface area contributed by atoms with Crippen LogP contribution in [0.2, 0.25) is 0 Å². The van der Waals surface area contributed by atoms with Crippen LogP contribution >= 0.6 is 0 Å². The van der Waals surface area contributed by atoms with Gasteiger partial charge in [-0.2, -0.15) is 5.10 Å². The number of hydrogen-bond acceptors (Lipinski definition) is 4. The third-order valence-electron chi connectivity index (χ3n) is 5.52. The molecule has 1 aromatic carbocycles. The molecule has 2 aliphatic rings. The summed E-state index contributed by atoms with van der Waals surface area (Å²) in [5.41, 5.74) is 2.01. The zero-order chi connectivity index (χ0) is 18.3. The van der Waals surface area contributed by atoms with Crippen LogP contribution < -0.4 is 5.32 Å². The number of piperidine rings is 1. The number of aliphatic carboxylic acids is 1. The zero-order valence-electron chi connectivity index (χ0n) is 14.7. The Labute approximate surface area is 151 Å². The summed E-state index contributed by atoms with van der Waals surface area (Å²) in [6.45, 7) is 2.72. The molecule has 0 radical (unpaired) electrons. The number of carboxylic acid groups (broad SMARTS) is 1. The van der Waals surface area contributed by atoms with Gasteiger partial charge >= 0.3 is 5.97 Å². The van der Waals surface area contributed by atoms with Gasteiger partial charge in [-0.25, -0.2) is 4.79 Å². The van der Waals surface area contributed by atoms with E-state index >= 15 is 0 Å². The number of likely N-dealkylation sites (tertiary alicyclic amines) is 1. The monoisotopic (exact) mass is 354 g/mol. The number of aryl methyl sites for hydroxylation is 1. The van der Waals surface area contributed by atoms with Crippen molar-refractivity contribution in [3.05, 3.63) is 47.8 Å². The van der Waals surface area contributed by atoms with Crippen LogP contribution in [0.25, 0.3) is 0 Å². The van der Waals surface area contributed by atoms with E-state index in [0.717, 1.165) is 16.8 Å². The number of carboxylic acids is 1. The summed E-state index contributed by atoms with van der Waals surface area (Å²) in [6, 6.07) is 7.67. The summed E-state index contributed by atoms with van der Waals surface area (Å²) in [6.07, 6.45) is 4.82. The van der Waals surface area contributed by atoms with Crippen LogP contribution in [-0.2, 0) is 21.5 Å². The molecule has 0 unspecified atom stereocenters. The molecule has 0 aliphatic carbocycles. The van der Waals surface area contributed by atoms with Crippen molar-refractivity contribution in [3.8, 4) is 0 Å². The molecule has 1 aromatic heterocycles. The number of hydrogen-bond donors (Lipinski definition) is 2. The summed E-state index contributed by atoms with van der Waals surface area (Å²) in [7, 11) is 0. The third-order valence-corrected chi connectivity index (χ3v) is 5.52. The largest absolute Gasteiger partial charge is 0.479 e. The van der Waals surface area contributed by atoms with Gasteiger partial charge < -0.3 is 15.3 Å². The van der Waals surface area contributed by atoms with Crippen molar-refractivity contribution in [2.45, 2.75) is 37.8 Å². The first-order chi connectivity index (χ1) is 12.5. The predicted molar refractivity (Wildman–Crippen MR) is 95.9 cm³/mol. The van der Waals surface area contributed by atoms with Gasteiger partial charge in [-0.05, 0) is 24.1 Å². The van der Waals surface area contributed by atoms with Gasteiger partial charge in [-0.3, -0.25) is 9.48 Å². The fourth-order valence-corrected chi connectivity index (χ4v) is 3.95. The van der Waals surface area contributed by atoms with E-state index < -0.39 is 11.5 Å². The predicted octanol–water partition coefficient (Wildman–Crippen LogP) is 1.63. The topological polar surface area (TPSA) is 87.5 Å². The van der Waals surface area contributed by atoms with Gasteiger partial charge in [0.2, 0.25) is 5.91 Å². The second kappa shape index (κ2) is 6.16. The number of carbonyl (C=O) groups is 2. The van der Waals surface area contributed by atoms with E-state index in [1.807, 2.05) is 31.2 Å². The second-order valence-electron chi connectivity index (χ2n) is 7.18. The van der Waals surface area contributed by atoms with Crippen LogP contribution in [-0.4, -0.2) is 50.8 Å².